The van der Waals surface area contributed by atoms with Gasteiger partial charge in [0.05, 0.1) is 17.8 Å². The van der Waals surface area contributed by atoms with E-state index in [1.54, 1.807) is 24.3 Å². The molecule has 44 heavy (non-hydrogen) atoms. The summed E-state index contributed by atoms with van der Waals surface area (Å²) in [5.74, 6) is -3.64. The average Bonchev–Trinajstić information content (AvgIpc) is 3.02. The first-order valence-corrected chi connectivity index (χ1v) is 14.2. The number of anilines is 3. The van der Waals surface area contributed by atoms with Crippen LogP contribution in [0, 0.1) is 17.6 Å². The van der Waals surface area contributed by atoms with Gasteiger partial charge in [-0.1, -0.05) is 43.5 Å². The molecular weight excluding hydrogens is 574 g/mol. The van der Waals surface area contributed by atoms with E-state index in [1.807, 2.05) is 0 Å². The van der Waals surface area contributed by atoms with Crippen molar-refractivity contribution >= 4 is 40.9 Å². The first-order valence-electron chi connectivity index (χ1n) is 14.2. The Bertz CT molecular complexity index is 1490. The Hall–Kier alpha value is -5.00. The number of carbonyl (C=O) groups is 4. The predicted molar refractivity (Wildman–Crippen MR) is 161 cm³/mol. The van der Waals surface area contributed by atoms with E-state index >= 15 is 0 Å². The highest BCUT2D eigenvalue weighted by atomic mass is 19.1. The normalized spacial score (nSPS) is 13.1. The Morgan fingerprint density at radius 1 is 0.909 bits per heavy atom. The van der Waals surface area contributed by atoms with Crippen LogP contribution in [0.4, 0.5) is 30.6 Å². The molecule has 0 bridgehead atoms. The number of hydrogen-bond donors (Lipinski definition) is 3. The zero-order valence-electron chi connectivity index (χ0n) is 24.2. The van der Waals surface area contributed by atoms with Gasteiger partial charge in [-0.3, -0.25) is 9.59 Å². The number of nitrogens with one attached hydrogen (secondary N) is 2. The van der Waals surface area contributed by atoms with Crippen LogP contribution in [0.1, 0.15) is 42.5 Å². The molecular formula is C32H34F2N4O6. The summed E-state index contributed by atoms with van der Waals surface area (Å²) in [6, 6.07) is 14.9. The lowest BCUT2D eigenvalue weighted by Crippen LogP contribution is -2.44. The van der Waals surface area contributed by atoms with Gasteiger partial charge in [-0.05, 0) is 61.2 Å². The van der Waals surface area contributed by atoms with E-state index in [-0.39, 0.29) is 29.5 Å². The fourth-order valence-corrected chi connectivity index (χ4v) is 5.09. The molecule has 0 atom stereocenters. The molecule has 0 radical (unpaired) electrons. The van der Waals surface area contributed by atoms with E-state index in [4.69, 9.17) is 4.74 Å². The predicted octanol–water partition coefficient (Wildman–Crippen LogP) is 5.44. The van der Waals surface area contributed by atoms with Gasteiger partial charge in [0.25, 0.3) is 5.91 Å². The van der Waals surface area contributed by atoms with Gasteiger partial charge < -0.3 is 30.3 Å². The summed E-state index contributed by atoms with van der Waals surface area (Å²) in [6.45, 7) is -0.569. The van der Waals surface area contributed by atoms with Crippen molar-refractivity contribution in [3.8, 4) is 5.75 Å². The molecule has 0 heterocycles. The number of ether oxygens (including phenoxy) is 1. The van der Waals surface area contributed by atoms with E-state index < -0.39 is 47.7 Å². The van der Waals surface area contributed by atoms with Gasteiger partial charge in [0.15, 0.2) is 6.61 Å². The zero-order chi connectivity index (χ0) is 31.6. The van der Waals surface area contributed by atoms with Crippen molar-refractivity contribution in [1.82, 2.24) is 5.32 Å². The number of halogens is 2. The third kappa shape index (κ3) is 8.30. The number of likely N-dealkylation sites (N-methyl/N-ethyl adjacent to an activating group) is 1. The molecule has 10 nitrogen and oxygen atoms in total. The van der Waals surface area contributed by atoms with Crippen LogP contribution < -0.4 is 25.2 Å². The summed E-state index contributed by atoms with van der Waals surface area (Å²) < 4.78 is 34.3. The largest absolute Gasteiger partial charge is 0.482 e. The van der Waals surface area contributed by atoms with Gasteiger partial charge in [-0.15, -0.1) is 0 Å². The Balaban J connectivity index is 1.47. The Kier molecular flexibility index (Phi) is 10.8. The molecule has 1 aliphatic rings. The van der Waals surface area contributed by atoms with Crippen LogP contribution in [0.15, 0.2) is 66.7 Å². The summed E-state index contributed by atoms with van der Waals surface area (Å²) in [6.07, 6.45) is 5.05. The van der Waals surface area contributed by atoms with Gasteiger partial charge in [-0.25, -0.2) is 18.4 Å². The van der Waals surface area contributed by atoms with Crippen LogP contribution >= 0.6 is 0 Å². The molecule has 3 N–H and O–H groups in total. The number of carbonyl (C=O) groups excluding carboxylic acids is 3. The second kappa shape index (κ2) is 14.9. The third-order valence-electron chi connectivity index (χ3n) is 7.39. The number of hydrogen-bond acceptors (Lipinski definition) is 5. The van der Waals surface area contributed by atoms with Gasteiger partial charge in [0.2, 0.25) is 5.91 Å². The van der Waals surface area contributed by atoms with Crippen molar-refractivity contribution in [2.75, 3.05) is 41.9 Å². The molecule has 0 saturated heterocycles. The number of rotatable bonds is 11. The molecule has 4 amide bonds. The molecule has 0 aromatic heterocycles. The molecule has 232 valence electrons. The van der Waals surface area contributed by atoms with E-state index in [9.17, 15) is 33.1 Å². The highest BCUT2D eigenvalue weighted by Crippen LogP contribution is 2.32. The number of aromatic carboxylic acids is 1. The number of urea groups is 1. The highest BCUT2D eigenvalue weighted by molar-refractivity contribution is 6.00. The van der Waals surface area contributed by atoms with Crippen molar-refractivity contribution in [2.45, 2.75) is 32.1 Å². The standard InChI is InChI=1S/C32H34F2N4O6/c1-37(30-24(33)13-8-14-25(30)34)29(40)20-44-27-16-6-5-15-26(27)38(19-21-9-3-2-4-10-21)28(39)18-35-32(43)36-23-12-7-11-22(17-23)31(41)42/h5-8,11-17,21H,2-4,9-10,18-20H2,1H3,(H,41,42)(H2,35,36,43). The molecule has 0 spiro atoms. The number of carboxylic acid groups (broad SMARTS) is 1. The average molecular weight is 609 g/mol. The molecule has 12 heteroatoms. The molecule has 4 rings (SSSR count). The number of benzene rings is 3. The van der Waals surface area contributed by atoms with Crippen molar-refractivity contribution in [3.63, 3.8) is 0 Å². The second-order valence-electron chi connectivity index (χ2n) is 10.5. The van der Waals surface area contributed by atoms with E-state index in [1.165, 1.54) is 42.3 Å². The van der Waals surface area contributed by atoms with Crippen LogP contribution in [0.3, 0.4) is 0 Å². The summed E-state index contributed by atoms with van der Waals surface area (Å²) >= 11 is 0. The van der Waals surface area contributed by atoms with Crippen LogP contribution in [0.5, 0.6) is 5.75 Å². The maximum absolute atomic E-state index is 14.2. The Morgan fingerprint density at radius 3 is 2.30 bits per heavy atom. The number of para-hydroxylation sites is 3. The molecule has 1 fully saturated rings. The van der Waals surface area contributed by atoms with E-state index in [0.717, 1.165) is 49.1 Å². The minimum Gasteiger partial charge on any atom is -0.482 e. The maximum atomic E-state index is 14.2. The minimum absolute atomic E-state index is 0.00199. The topological polar surface area (TPSA) is 128 Å². The van der Waals surface area contributed by atoms with Crippen LogP contribution in [-0.2, 0) is 9.59 Å². The number of amides is 4. The Labute approximate surface area is 253 Å². The van der Waals surface area contributed by atoms with Crippen LogP contribution in [0.25, 0.3) is 0 Å². The van der Waals surface area contributed by atoms with Crippen molar-refractivity contribution < 1.29 is 37.8 Å². The fraction of sp³-hybridized carbons (Fsp3) is 0.312. The van der Waals surface area contributed by atoms with Crippen molar-refractivity contribution in [3.05, 3.63) is 83.9 Å². The monoisotopic (exact) mass is 608 g/mol. The van der Waals surface area contributed by atoms with Gasteiger partial charge in [0.1, 0.15) is 23.1 Å². The van der Waals surface area contributed by atoms with Gasteiger partial charge in [0, 0.05) is 19.3 Å². The van der Waals surface area contributed by atoms with Crippen LogP contribution in [-0.4, -0.2) is 55.7 Å². The first kappa shape index (κ1) is 31.9. The van der Waals surface area contributed by atoms with E-state index in [2.05, 4.69) is 10.6 Å². The third-order valence-corrected chi connectivity index (χ3v) is 7.39. The SMILES string of the molecule is CN(C(=O)COc1ccccc1N(CC1CCCCC1)C(=O)CNC(=O)Nc1cccc(C(=O)O)c1)c1c(F)cccc1F. The van der Waals surface area contributed by atoms with Crippen molar-refractivity contribution in [1.29, 1.82) is 0 Å². The Morgan fingerprint density at radius 2 is 1.59 bits per heavy atom. The van der Waals surface area contributed by atoms with Gasteiger partial charge in [-0.2, -0.15) is 0 Å². The number of carboxylic acids is 1. The smallest absolute Gasteiger partial charge is 0.335 e. The maximum Gasteiger partial charge on any atom is 0.335 e. The summed E-state index contributed by atoms with van der Waals surface area (Å²) in [4.78, 5) is 52.5. The lowest BCUT2D eigenvalue weighted by Gasteiger charge is -2.31. The summed E-state index contributed by atoms with van der Waals surface area (Å²) in [5.41, 5.74) is 0.130. The molecule has 3 aromatic rings. The second-order valence-corrected chi connectivity index (χ2v) is 10.5. The van der Waals surface area contributed by atoms with Gasteiger partial charge >= 0.3 is 12.0 Å². The highest BCUT2D eigenvalue weighted by Gasteiger charge is 2.26. The summed E-state index contributed by atoms with van der Waals surface area (Å²) in [5, 5.41) is 14.2. The van der Waals surface area contributed by atoms with Crippen molar-refractivity contribution in [2.24, 2.45) is 5.92 Å². The molecule has 0 unspecified atom stereocenters. The van der Waals surface area contributed by atoms with Crippen LogP contribution in [0.2, 0.25) is 0 Å². The molecule has 1 aliphatic carbocycles. The lowest BCUT2D eigenvalue weighted by molar-refractivity contribution is -0.120. The first-order chi connectivity index (χ1) is 21.1. The molecule has 0 aliphatic heterocycles. The molecule has 1 saturated carbocycles. The number of nitrogens with zero attached hydrogens (tertiary/aromatic N) is 2. The zero-order valence-corrected chi connectivity index (χ0v) is 24.2. The summed E-state index contributed by atoms with van der Waals surface area (Å²) in [7, 11) is 1.24. The molecule has 3 aromatic carbocycles. The minimum atomic E-state index is -1.14. The lowest BCUT2D eigenvalue weighted by atomic mass is 9.89. The fourth-order valence-electron chi connectivity index (χ4n) is 5.09. The quantitative estimate of drug-likeness (QED) is 0.266. The van der Waals surface area contributed by atoms with E-state index in [0.29, 0.717) is 12.2 Å².